The number of nitrogens with one attached hydrogen (secondary N) is 2. The van der Waals surface area contributed by atoms with Gasteiger partial charge in [-0.3, -0.25) is 9.59 Å². The van der Waals surface area contributed by atoms with E-state index < -0.39 is 11.7 Å². The van der Waals surface area contributed by atoms with E-state index in [2.05, 4.69) is 20.6 Å². The fourth-order valence-corrected chi connectivity index (χ4v) is 4.71. The molecule has 1 heterocycles. The number of halogens is 3. The summed E-state index contributed by atoms with van der Waals surface area (Å²) < 4.78 is 51.9. The molecule has 1 aromatic heterocycles. The lowest BCUT2D eigenvalue weighted by Gasteiger charge is -2.37. The Morgan fingerprint density at radius 2 is 1.92 bits per heavy atom. The van der Waals surface area contributed by atoms with Crippen LogP contribution in [0.15, 0.2) is 24.4 Å². The number of carbonyl (C=O) groups excluding carboxylic acids is 2. The van der Waals surface area contributed by atoms with Crippen LogP contribution in [0, 0.1) is 5.92 Å². The first-order valence-corrected chi connectivity index (χ1v) is 12.4. The Bertz CT molecular complexity index is 1130. The van der Waals surface area contributed by atoms with Gasteiger partial charge in [-0.15, -0.1) is 0 Å². The molecule has 1 aliphatic carbocycles. The van der Waals surface area contributed by atoms with Crippen LogP contribution in [-0.4, -0.2) is 67.1 Å². The number of nitrogens with zero attached hydrogens (tertiary/aromatic N) is 3. The molecule has 0 bridgehead atoms. The molecule has 2 N–H and O–H groups in total. The van der Waals surface area contributed by atoms with Crippen molar-refractivity contribution in [2.24, 2.45) is 5.92 Å². The van der Waals surface area contributed by atoms with Crippen molar-refractivity contribution in [2.45, 2.75) is 51.2 Å². The van der Waals surface area contributed by atoms with Crippen LogP contribution in [0.4, 0.5) is 24.8 Å². The predicted molar refractivity (Wildman–Crippen MR) is 135 cm³/mol. The number of carbonyl (C=O) groups is 2. The van der Waals surface area contributed by atoms with Crippen molar-refractivity contribution in [3.63, 3.8) is 0 Å². The van der Waals surface area contributed by atoms with Crippen molar-refractivity contribution in [3.05, 3.63) is 41.2 Å². The highest BCUT2D eigenvalue weighted by Gasteiger charge is 2.37. The fraction of sp³-hybridized carbons (Fsp3) is 0.538. The summed E-state index contributed by atoms with van der Waals surface area (Å²) in [4.78, 5) is 34.1. The Kier molecular flexibility index (Phi) is 9.90. The molecule has 1 aromatic carbocycles. The van der Waals surface area contributed by atoms with E-state index in [4.69, 9.17) is 9.47 Å². The number of benzene rings is 1. The minimum atomic E-state index is -4.62. The summed E-state index contributed by atoms with van der Waals surface area (Å²) in [6, 6.07) is 4.49. The van der Waals surface area contributed by atoms with Crippen LogP contribution >= 0.6 is 0 Å². The minimum absolute atomic E-state index is 0.0316. The molecule has 38 heavy (non-hydrogen) atoms. The third-order valence-corrected chi connectivity index (χ3v) is 6.79. The molecule has 2 atom stereocenters. The number of rotatable bonds is 10. The maximum Gasteiger partial charge on any atom is 0.419 e. The van der Waals surface area contributed by atoms with Crippen LogP contribution in [0.5, 0.6) is 5.75 Å². The Labute approximate surface area is 220 Å². The van der Waals surface area contributed by atoms with Gasteiger partial charge in [-0.2, -0.15) is 13.2 Å². The molecule has 208 valence electrons. The van der Waals surface area contributed by atoms with Crippen molar-refractivity contribution in [1.29, 1.82) is 0 Å². The molecule has 3 rings (SSSR count). The second-order valence-electron chi connectivity index (χ2n) is 9.29. The summed E-state index contributed by atoms with van der Waals surface area (Å²) in [5.74, 6) is -0.337. The molecule has 2 aromatic rings. The van der Waals surface area contributed by atoms with Gasteiger partial charge in [0.25, 0.3) is 5.91 Å². The fourth-order valence-electron chi connectivity index (χ4n) is 4.71. The number of hydrogen-bond acceptors (Lipinski definition) is 7. The van der Waals surface area contributed by atoms with Crippen molar-refractivity contribution in [3.8, 4) is 5.75 Å². The molecule has 0 unspecified atom stereocenters. The van der Waals surface area contributed by atoms with Crippen molar-refractivity contribution in [2.75, 3.05) is 39.7 Å². The molecule has 9 nitrogen and oxygen atoms in total. The number of hydrogen-bond donors (Lipinski definition) is 2. The van der Waals surface area contributed by atoms with E-state index in [1.807, 2.05) is 0 Å². The molecular weight excluding hydrogens is 503 g/mol. The first-order chi connectivity index (χ1) is 18.0. The highest BCUT2D eigenvalue weighted by atomic mass is 19.4. The maximum atomic E-state index is 13.9. The Morgan fingerprint density at radius 3 is 2.58 bits per heavy atom. The highest BCUT2D eigenvalue weighted by molar-refractivity contribution is 5.95. The number of aromatic nitrogens is 2. The average Bonchev–Trinajstić information content (AvgIpc) is 2.88. The maximum absolute atomic E-state index is 13.9. The second-order valence-corrected chi connectivity index (χ2v) is 9.29. The van der Waals surface area contributed by atoms with Crippen molar-refractivity contribution in [1.82, 2.24) is 20.2 Å². The van der Waals surface area contributed by atoms with Gasteiger partial charge < -0.3 is 25.0 Å². The zero-order valence-corrected chi connectivity index (χ0v) is 22.0. The predicted octanol–water partition coefficient (Wildman–Crippen LogP) is 4.20. The molecule has 12 heteroatoms. The van der Waals surface area contributed by atoms with Gasteiger partial charge in [-0.25, -0.2) is 9.97 Å². The van der Waals surface area contributed by atoms with E-state index in [0.29, 0.717) is 36.6 Å². The van der Waals surface area contributed by atoms with E-state index in [9.17, 15) is 22.8 Å². The van der Waals surface area contributed by atoms with Crippen LogP contribution in [0.3, 0.4) is 0 Å². The van der Waals surface area contributed by atoms with E-state index in [1.54, 1.807) is 24.1 Å². The number of methoxy groups -OCH3 is 2. The third kappa shape index (κ3) is 7.33. The Morgan fingerprint density at radius 1 is 1.18 bits per heavy atom. The average molecular weight is 538 g/mol. The summed E-state index contributed by atoms with van der Waals surface area (Å²) in [6.45, 7) is 2.16. The van der Waals surface area contributed by atoms with Crippen LogP contribution in [0.2, 0.25) is 0 Å². The van der Waals surface area contributed by atoms with Crippen LogP contribution in [-0.2, 0) is 22.1 Å². The van der Waals surface area contributed by atoms with Gasteiger partial charge in [0, 0.05) is 45.4 Å². The number of ether oxygens (including phenoxy) is 2. The lowest BCUT2D eigenvalue weighted by atomic mass is 9.80. The first kappa shape index (κ1) is 29.2. The van der Waals surface area contributed by atoms with E-state index >= 15 is 0 Å². The van der Waals surface area contributed by atoms with Gasteiger partial charge in [0.1, 0.15) is 5.75 Å². The number of alkyl halides is 3. The van der Waals surface area contributed by atoms with Crippen LogP contribution < -0.4 is 15.4 Å². The normalized spacial score (nSPS) is 17.6. The highest BCUT2D eigenvalue weighted by Crippen LogP contribution is 2.36. The molecule has 1 aliphatic rings. The summed E-state index contributed by atoms with van der Waals surface area (Å²) in [6.07, 6.45) is -0.545. The Hall–Kier alpha value is -3.41. The summed E-state index contributed by atoms with van der Waals surface area (Å²) in [7, 11) is 4.64. The number of anilines is 2. The summed E-state index contributed by atoms with van der Waals surface area (Å²) in [5.41, 5.74) is -0.293. The number of amides is 2. The monoisotopic (exact) mass is 537 g/mol. The third-order valence-electron chi connectivity index (χ3n) is 6.79. The van der Waals surface area contributed by atoms with Gasteiger partial charge in [0.15, 0.2) is 0 Å². The zero-order chi connectivity index (χ0) is 27.9. The molecule has 1 saturated carbocycles. The molecule has 0 radical (unpaired) electrons. The molecule has 0 aliphatic heterocycles. The summed E-state index contributed by atoms with van der Waals surface area (Å²) in [5, 5.41) is 5.63. The zero-order valence-electron chi connectivity index (χ0n) is 22.0. The van der Waals surface area contributed by atoms with Gasteiger partial charge in [0.05, 0.1) is 30.7 Å². The van der Waals surface area contributed by atoms with E-state index in [-0.39, 0.29) is 41.8 Å². The molecule has 2 amide bonds. The van der Waals surface area contributed by atoms with Gasteiger partial charge in [0.2, 0.25) is 11.9 Å². The Balaban J connectivity index is 1.87. The topological polar surface area (TPSA) is 106 Å². The van der Waals surface area contributed by atoms with Gasteiger partial charge in [-0.1, -0.05) is 12.8 Å². The lowest BCUT2D eigenvalue weighted by molar-refractivity contribution is -0.139. The van der Waals surface area contributed by atoms with E-state index in [1.165, 1.54) is 27.2 Å². The van der Waals surface area contributed by atoms with Gasteiger partial charge in [-0.05, 0) is 43.4 Å². The van der Waals surface area contributed by atoms with Gasteiger partial charge >= 0.3 is 6.18 Å². The van der Waals surface area contributed by atoms with E-state index in [0.717, 1.165) is 25.5 Å². The second kappa shape index (κ2) is 12.9. The quantitative estimate of drug-likeness (QED) is 0.438. The smallest absolute Gasteiger partial charge is 0.419 e. The molecular formula is C26H34F3N5O4. The minimum Gasteiger partial charge on any atom is -0.495 e. The van der Waals surface area contributed by atoms with Crippen molar-refractivity contribution < 1.29 is 32.2 Å². The van der Waals surface area contributed by atoms with Crippen LogP contribution in [0.1, 0.15) is 54.2 Å². The van der Waals surface area contributed by atoms with Crippen LogP contribution in [0.25, 0.3) is 0 Å². The lowest BCUT2D eigenvalue weighted by Crippen LogP contribution is -2.43. The largest absolute Gasteiger partial charge is 0.495 e. The molecule has 0 spiro atoms. The SMILES string of the molecule is COCCNC(=O)c1ccc(Nc2ncc(C(F)(F)F)c(C[C@@H]3CCCC[C@H]3N(C)C(C)=O)n2)c(OC)c1. The first-order valence-electron chi connectivity index (χ1n) is 12.4. The summed E-state index contributed by atoms with van der Waals surface area (Å²) >= 11 is 0. The molecule has 0 saturated heterocycles. The van der Waals surface area contributed by atoms with Crippen molar-refractivity contribution >= 4 is 23.5 Å². The standard InChI is InChI=1S/C26H34F3N5O4/c1-16(35)34(2)22-8-6-5-7-17(22)13-21-19(26(27,28)29)15-31-25(33-21)32-20-10-9-18(14-23(20)38-4)24(36)30-11-12-37-3/h9-10,14-15,17,22H,5-8,11-13H2,1-4H3,(H,30,36)(H,31,32,33)/t17-,22+/m0/s1. The molecule has 1 fully saturated rings.